The van der Waals surface area contributed by atoms with Gasteiger partial charge in [-0.25, -0.2) is 4.79 Å². The smallest absolute Gasteiger partial charge is 0.331 e. The second-order valence-corrected chi connectivity index (χ2v) is 21.0. The van der Waals surface area contributed by atoms with Crippen molar-refractivity contribution in [3.05, 3.63) is 46.5 Å². The molecule has 0 radical (unpaired) electrons. The quantitative estimate of drug-likeness (QED) is 0.130. The van der Waals surface area contributed by atoms with Crippen molar-refractivity contribution in [1.29, 1.82) is 0 Å². The second kappa shape index (κ2) is 14.2. The normalized spacial score (nSPS) is 49.1. The fourth-order valence-corrected chi connectivity index (χ4v) is 17.0. The molecule has 17 atom stereocenters. The summed E-state index contributed by atoms with van der Waals surface area (Å²) in [5, 5.41) is 80.6. The van der Waals surface area contributed by atoms with Gasteiger partial charge in [0.2, 0.25) is 0 Å². The summed E-state index contributed by atoms with van der Waals surface area (Å²) in [6.07, 6.45) is 9.11. The van der Waals surface area contributed by atoms with Crippen molar-refractivity contribution in [3.63, 3.8) is 0 Å². The van der Waals surface area contributed by atoms with Crippen LogP contribution in [0.1, 0.15) is 120 Å². The topological polar surface area (TPSA) is 177 Å². The number of aliphatic hydroxyl groups excluding tert-OH is 3. The van der Waals surface area contributed by atoms with Gasteiger partial charge in [-0.2, -0.15) is 0 Å². The molecule has 1 heterocycles. The number of ether oxygens (including phenoxy) is 1. The predicted molar refractivity (Wildman–Crippen MR) is 218 cm³/mol. The van der Waals surface area contributed by atoms with Crippen LogP contribution in [0.5, 0.6) is 0 Å². The van der Waals surface area contributed by atoms with Crippen LogP contribution in [0.25, 0.3) is 0 Å². The Morgan fingerprint density at radius 1 is 0.966 bits per heavy atom. The molecule has 10 heteroatoms. The van der Waals surface area contributed by atoms with Crippen LogP contribution in [0.15, 0.2) is 29.8 Å². The van der Waals surface area contributed by atoms with Gasteiger partial charge in [0.25, 0.3) is 0 Å². The summed E-state index contributed by atoms with van der Waals surface area (Å²) in [5.74, 6) is 4.11. The molecule has 1 aromatic rings. The molecule has 59 heavy (non-hydrogen) atoms. The predicted octanol–water partition coefficient (Wildman–Crippen LogP) is 4.13. The summed E-state index contributed by atoms with van der Waals surface area (Å²) in [5.41, 5.74) is -4.94. The van der Waals surface area contributed by atoms with Crippen molar-refractivity contribution in [1.82, 2.24) is 5.32 Å². The lowest BCUT2D eigenvalue weighted by Crippen LogP contribution is -2.85. The number of likely N-dealkylation sites (N-methyl/N-ethyl adjacent to an activating group) is 1. The molecule has 1 aromatic carbocycles. The van der Waals surface area contributed by atoms with Gasteiger partial charge in [0.1, 0.15) is 23.6 Å². The van der Waals surface area contributed by atoms with E-state index in [9.17, 15) is 40.2 Å². The molecule has 320 valence electrons. The van der Waals surface area contributed by atoms with Crippen LogP contribution < -0.4 is 5.32 Å². The van der Waals surface area contributed by atoms with E-state index in [1.807, 2.05) is 25.2 Å². The van der Waals surface area contributed by atoms with E-state index < -0.39 is 69.7 Å². The maximum Gasteiger partial charge on any atom is 0.331 e. The molecule has 7 fully saturated rings. The first-order valence-electron chi connectivity index (χ1n) is 23.1. The van der Waals surface area contributed by atoms with E-state index in [0.29, 0.717) is 63.2 Å². The Morgan fingerprint density at radius 2 is 1.76 bits per heavy atom. The summed E-state index contributed by atoms with van der Waals surface area (Å²) in [6.45, 7) is 2.16. The van der Waals surface area contributed by atoms with Crippen LogP contribution in [0.2, 0.25) is 0 Å². The summed E-state index contributed by atoms with van der Waals surface area (Å²) < 4.78 is 6.22. The number of benzene rings is 1. The van der Waals surface area contributed by atoms with E-state index in [1.54, 1.807) is 6.08 Å². The van der Waals surface area contributed by atoms with Crippen LogP contribution in [0.3, 0.4) is 0 Å². The third kappa shape index (κ3) is 5.19. The molecule has 9 aliphatic carbocycles. The summed E-state index contributed by atoms with van der Waals surface area (Å²) in [4.78, 5) is 27.6. The van der Waals surface area contributed by atoms with Crippen LogP contribution in [-0.2, 0) is 27.4 Å². The van der Waals surface area contributed by atoms with Crippen LogP contribution in [0, 0.1) is 75.9 Å². The Morgan fingerprint density at radius 3 is 2.51 bits per heavy atom. The van der Waals surface area contributed by atoms with Gasteiger partial charge >= 0.3 is 5.97 Å². The fraction of sp³-hybridized carbons (Fsp3) is 0.755. The maximum atomic E-state index is 14.1. The van der Waals surface area contributed by atoms with Gasteiger partial charge in [-0.15, -0.1) is 0 Å². The molecule has 1 spiro atoms. The van der Waals surface area contributed by atoms with E-state index in [-0.39, 0.29) is 55.6 Å². The average molecular weight is 812 g/mol. The minimum atomic E-state index is -2.18. The second-order valence-electron chi connectivity index (χ2n) is 21.0. The zero-order chi connectivity index (χ0) is 41.3. The Hall–Kier alpha value is -2.62. The van der Waals surface area contributed by atoms with E-state index >= 15 is 0 Å². The summed E-state index contributed by atoms with van der Waals surface area (Å²) in [6, 6.07) is 5.62. The molecular formula is C49H65NO9. The molecular weight excluding hydrogens is 747 g/mol. The molecule has 0 amide bonds. The highest BCUT2D eigenvalue weighted by Gasteiger charge is 2.85. The standard InChI is InChI=1S/C49H65NO9/c1-27(28-8-3-4-9-28)30-13-14-36-39(53)15-18-46(26-52)40-16-19-45-17-6-5-10-29-11-7-12-31(25-51)33(29)22-38(50-2)34-20-32(42(45)35-23-41(54)59-43(34)35)24-47(45,56)49(40,58)44(55)37(21-30)48(36,46)57/h7,11-12,23,26-28,30,32,34,36-40,42-44,50-51,53,55-58H,3-4,6,8-9,13-22,24-25H2,1-2H3. The first-order valence-corrected chi connectivity index (χ1v) is 23.1. The lowest BCUT2D eigenvalue weighted by Gasteiger charge is -2.73. The van der Waals surface area contributed by atoms with Gasteiger partial charge in [0.15, 0.2) is 0 Å². The monoisotopic (exact) mass is 811 g/mol. The number of rotatable bonds is 5. The molecule has 7 saturated carbocycles. The zero-order valence-corrected chi connectivity index (χ0v) is 34.8. The van der Waals surface area contributed by atoms with Gasteiger partial charge in [0, 0.05) is 53.2 Å². The molecule has 11 rings (SSSR count). The Balaban J connectivity index is 1.14. The van der Waals surface area contributed by atoms with Gasteiger partial charge in [-0.3, -0.25) is 0 Å². The van der Waals surface area contributed by atoms with Crippen molar-refractivity contribution >= 4 is 12.3 Å². The van der Waals surface area contributed by atoms with Crippen molar-refractivity contribution in [2.45, 2.75) is 157 Å². The Kier molecular flexibility index (Phi) is 9.74. The first-order chi connectivity index (χ1) is 28.3. The number of carbonyl (C=O) groups excluding carboxylic acids is 2. The van der Waals surface area contributed by atoms with E-state index in [2.05, 4.69) is 24.1 Å². The third-order valence-corrected chi connectivity index (χ3v) is 19.5. The van der Waals surface area contributed by atoms with Crippen molar-refractivity contribution in [2.24, 2.45) is 64.1 Å². The van der Waals surface area contributed by atoms with Gasteiger partial charge in [0.05, 0.1) is 29.8 Å². The van der Waals surface area contributed by atoms with E-state index in [1.165, 1.54) is 12.8 Å². The summed E-state index contributed by atoms with van der Waals surface area (Å²) >= 11 is 0. The fourth-order valence-electron chi connectivity index (χ4n) is 17.0. The molecule has 1 aliphatic heterocycles. The molecule has 10 nitrogen and oxygen atoms in total. The highest BCUT2D eigenvalue weighted by molar-refractivity contribution is 5.86. The average Bonchev–Trinajstić information content (AvgIpc) is 3.93. The van der Waals surface area contributed by atoms with Crippen molar-refractivity contribution in [2.75, 3.05) is 7.05 Å². The molecule has 10 aliphatic rings. The number of hydrogen-bond donors (Lipinski definition) is 7. The minimum Gasteiger partial charge on any atom is -0.454 e. The summed E-state index contributed by atoms with van der Waals surface area (Å²) in [7, 11) is 1.90. The minimum absolute atomic E-state index is 0.111. The third-order valence-electron chi connectivity index (χ3n) is 19.5. The number of fused-ring (bicyclic) bond motifs is 6. The van der Waals surface area contributed by atoms with Gasteiger partial charge in [-0.1, -0.05) is 56.6 Å². The first kappa shape index (κ1) is 40.5. The van der Waals surface area contributed by atoms with Gasteiger partial charge in [-0.05, 0) is 130 Å². The number of esters is 1. The van der Waals surface area contributed by atoms with Crippen LogP contribution >= 0.6 is 0 Å². The van der Waals surface area contributed by atoms with Crippen molar-refractivity contribution < 1.29 is 45.0 Å². The number of aldehydes is 1. The molecule has 7 N–H and O–H groups in total. The number of hydrogen-bond acceptors (Lipinski definition) is 10. The lowest BCUT2D eigenvalue weighted by molar-refractivity contribution is -0.375. The van der Waals surface area contributed by atoms with E-state index in [4.69, 9.17) is 4.74 Å². The SMILES string of the molecule is CNC1Cc2c(cccc2CO)C#CCCC23CCC4C5(C=O)CCC(O)C6CCC(C(C)C7CCCC7)CC(C(O)C4(O)C2(O)CC2CC1C1OC(=O)C=C1C23)C65O. The largest absolute Gasteiger partial charge is 0.454 e. The highest BCUT2D eigenvalue weighted by atomic mass is 16.5. The van der Waals surface area contributed by atoms with Gasteiger partial charge < -0.3 is 45.5 Å². The molecule has 17 unspecified atom stereocenters. The Bertz CT molecular complexity index is 1970. The number of nitrogens with one attached hydrogen (secondary N) is 1. The highest BCUT2D eigenvalue weighted by Crippen LogP contribution is 2.77. The maximum absolute atomic E-state index is 14.1. The molecule has 0 aromatic heterocycles. The van der Waals surface area contributed by atoms with Crippen molar-refractivity contribution in [3.8, 4) is 11.8 Å². The number of aliphatic hydroxyl groups is 6. The number of carbonyl (C=O) groups is 2. The molecule has 4 bridgehead atoms. The Labute approximate surface area is 348 Å². The van der Waals surface area contributed by atoms with E-state index in [0.717, 1.165) is 47.8 Å². The zero-order valence-electron chi connectivity index (χ0n) is 34.8. The van der Waals surface area contributed by atoms with Crippen LogP contribution in [0.4, 0.5) is 0 Å². The lowest BCUT2D eigenvalue weighted by atomic mass is 9.35. The van der Waals surface area contributed by atoms with Crippen LogP contribution in [-0.4, -0.2) is 91.1 Å². The molecule has 0 saturated heterocycles.